The van der Waals surface area contributed by atoms with Gasteiger partial charge in [0, 0.05) is 19.5 Å². The van der Waals surface area contributed by atoms with Gasteiger partial charge in [0.2, 0.25) is 5.82 Å². The van der Waals surface area contributed by atoms with E-state index in [1.165, 1.54) is 5.56 Å². The first-order valence-corrected chi connectivity index (χ1v) is 7.84. The number of hydrogen-bond donors (Lipinski definition) is 3. The quantitative estimate of drug-likeness (QED) is 0.453. The molecule has 3 rings (SSSR count). The van der Waals surface area contributed by atoms with Gasteiger partial charge in [0.15, 0.2) is 11.7 Å². The minimum absolute atomic E-state index is 0.441. The van der Waals surface area contributed by atoms with Crippen molar-refractivity contribution in [1.29, 1.82) is 0 Å². The molecule has 2 aromatic heterocycles. The average molecular weight is 324 g/mol. The zero-order valence-corrected chi connectivity index (χ0v) is 13.3. The molecule has 4 N–H and O–H groups in total. The van der Waals surface area contributed by atoms with E-state index in [1.807, 2.05) is 24.3 Å². The molecule has 0 bridgehead atoms. The van der Waals surface area contributed by atoms with Gasteiger partial charge in [-0.2, -0.15) is 5.10 Å². The predicted molar refractivity (Wildman–Crippen MR) is 92.4 cm³/mol. The molecule has 0 aliphatic carbocycles. The number of nitrogens with one attached hydrogen (secondary N) is 2. The number of nitrogens with zero attached hydrogens (tertiary/aromatic N) is 3. The molecule has 0 aliphatic rings. The monoisotopic (exact) mass is 324 g/mol. The molecule has 3 aromatic rings. The molecular weight excluding hydrogens is 304 g/mol. The fraction of sp³-hybridized carbons (Fsp3) is 0.235. The molecule has 2 heterocycles. The summed E-state index contributed by atoms with van der Waals surface area (Å²) >= 11 is 0. The maximum Gasteiger partial charge on any atom is 0.216 e. The zero-order valence-electron chi connectivity index (χ0n) is 13.3. The molecular formula is C17H20N6O. The van der Waals surface area contributed by atoms with Crippen molar-refractivity contribution in [3.63, 3.8) is 0 Å². The van der Waals surface area contributed by atoms with Gasteiger partial charge in [-0.15, -0.1) is 0 Å². The molecule has 0 spiro atoms. The van der Waals surface area contributed by atoms with Crippen molar-refractivity contribution in [2.75, 3.05) is 13.1 Å². The number of aromatic amines is 1. The van der Waals surface area contributed by atoms with Crippen molar-refractivity contribution in [2.45, 2.75) is 12.8 Å². The molecule has 0 radical (unpaired) electrons. The second-order valence-corrected chi connectivity index (χ2v) is 5.26. The molecule has 0 aliphatic heterocycles. The summed E-state index contributed by atoms with van der Waals surface area (Å²) in [5.41, 5.74) is 7.13. The van der Waals surface area contributed by atoms with Crippen molar-refractivity contribution in [3.8, 4) is 11.6 Å². The third kappa shape index (κ3) is 4.45. The Bertz CT molecular complexity index is 764. The summed E-state index contributed by atoms with van der Waals surface area (Å²) < 4.78 is 5.25. The van der Waals surface area contributed by atoms with Gasteiger partial charge in [0.05, 0.1) is 6.26 Å². The van der Waals surface area contributed by atoms with Gasteiger partial charge in [-0.25, -0.2) is 4.98 Å². The molecule has 0 amide bonds. The highest BCUT2D eigenvalue weighted by Crippen LogP contribution is 2.14. The van der Waals surface area contributed by atoms with Crippen LogP contribution in [0.15, 0.2) is 58.1 Å². The molecule has 1 aromatic carbocycles. The van der Waals surface area contributed by atoms with Crippen molar-refractivity contribution in [3.05, 3.63) is 60.1 Å². The largest absolute Gasteiger partial charge is 0.461 e. The van der Waals surface area contributed by atoms with Crippen molar-refractivity contribution in [1.82, 2.24) is 20.5 Å². The van der Waals surface area contributed by atoms with Gasteiger partial charge in [-0.05, 0) is 24.1 Å². The summed E-state index contributed by atoms with van der Waals surface area (Å²) in [6, 6.07) is 13.9. The van der Waals surface area contributed by atoms with Gasteiger partial charge >= 0.3 is 0 Å². The van der Waals surface area contributed by atoms with Crippen LogP contribution in [-0.2, 0) is 12.8 Å². The maximum absolute atomic E-state index is 5.86. The molecule has 0 saturated carbocycles. The first kappa shape index (κ1) is 15.8. The SMILES string of the molecule is NC(=NCCc1nc(-c2ccco2)n[nH]1)NCCc1ccccc1. The second-order valence-electron chi connectivity index (χ2n) is 5.26. The third-order valence-corrected chi connectivity index (χ3v) is 3.47. The third-order valence-electron chi connectivity index (χ3n) is 3.47. The Morgan fingerprint density at radius 3 is 2.83 bits per heavy atom. The Kier molecular flexibility index (Phi) is 5.24. The van der Waals surface area contributed by atoms with E-state index in [4.69, 9.17) is 10.2 Å². The van der Waals surface area contributed by atoms with Crippen LogP contribution in [0.5, 0.6) is 0 Å². The number of hydrogen-bond acceptors (Lipinski definition) is 4. The lowest BCUT2D eigenvalue weighted by Crippen LogP contribution is -2.33. The summed E-state index contributed by atoms with van der Waals surface area (Å²) in [6.07, 6.45) is 3.14. The molecule has 7 nitrogen and oxygen atoms in total. The van der Waals surface area contributed by atoms with Crippen LogP contribution in [0.3, 0.4) is 0 Å². The normalized spacial score (nSPS) is 11.6. The fourth-order valence-corrected chi connectivity index (χ4v) is 2.24. The van der Waals surface area contributed by atoms with Crippen LogP contribution in [0, 0.1) is 0 Å². The number of rotatable bonds is 7. The van der Waals surface area contributed by atoms with E-state index in [1.54, 1.807) is 12.3 Å². The van der Waals surface area contributed by atoms with Gasteiger partial charge < -0.3 is 15.5 Å². The van der Waals surface area contributed by atoms with Crippen LogP contribution in [0.4, 0.5) is 0 Å². The van der Waals surface area contributed by atoms with E-state index < -0.39 is 0 Å². The summed E-state index contributed by atoms with van der Waals surface area (Å²) in [7, 11) is 0. The highest BCUT2D eigenvalue weighted by Gasteiger charge is 2.07. The Hall–Kier alpha value is -3.09. The summed E-state index contributed by atoms with van der Waals surface area (Å²) in [5, 5.41) is 10.1. The van der Waals surface area contributed by atoms with E-state index in [9.17, 15) is 0 Å². The molecule has 7 heteroatoms. The van der Waals surface area contributed by atoms with Crippen LogP contribution >= 0.6 is 0 Å². The van der Waals surface area contributed by atoms with Crippen LogP contribution in [-0.4, -0.2) is 34.2 Å². The smallest absolute Gasteiger partial charge is 0.216 e. The zero-order chi connectivity index (χ0) is 16.6. The highest BCUT2D eigenvalue weighted by atomic mass is 16.3. The molecule has 0 saturated heterocycles. The first-order valence-electron chi connectivity index (χ1n) is 7.84. The van der Waals surface area contributed by atoms with Crippen LogP contribution in [0.25, 0.3) is 11.6 Å². The fourth-order valence-electron chi connectivity index (χ4n) is 2.24. The van der Waals surface area contributed by atoms with Crippen LogP contribution < -0.4 is 11.1 Å². The molecule has 0 atom stereocenters. The number of H-pyrrole nitrogens is 1. The summed E-state index contributed by atoms with van der Waals surface area (Å²) in [6.45, 7) is 1.29. The van der Waals surface area contributed by atoms with Gasteiger partial charge in [0.1, 0.15) is 5.82 Å². The summed E-state index contributed by atoms with van der Waals surface area (Å²) in [4.78, 5) is 8.66. The van der Waals surface area contributed by atoms with E-state index in [-0.39, 0.29) is 0 Å². The minimum atomic E-state index is 0.441. The topological polar surface area (TPSA) is 105 Å². The molecule has 124 valence electrons. The Morgan fingerprint density at radius 1 is 1.17 bits per heavy atom. The Labute approximate surface area is 140 Å². The Morgan fingerprint density at radius 2 is 2.04 bits per heavy atom. The number of benzene rings is 1. The van der Waals surface area contributed by atoms with E-state index >= 15 is 0 Å². The summed E-state index contributed by atoms with van der Waals surface area (Å²) in [5.74, 6) is 2.38. The number of furan rings is 1. The lowest BCUT2D eigenvalue weighted by atomic mass is 10.1. The highest BCUT2D eigenvalue weighted by molar-refractivity contribution is 5.77. The Balaban J connectivity index is 1.41. The molecule has 0 fully saturated rings. The minimum Gasteiger partial charge on any atom is -0.461 e. The number of nitrogens with two attached hydrogens (primary N) is 1. The predicted octanol–water partition coefficient (Wildman–Crippen LogP) is 1.75. The lowest BCUT2D eigenvalue weighted by molar-refractivity contribution is 0.577. The van der Waals surface area contributed by atoms with E-state index in [0.717, 1.165) is 18.8 Å². The van der Waals surface area contributed by atoms with Crippen molar-refractivity contribution < 1.29 is 4.42 Å². The lowest BCUT2D eigenvalue weighted by Gasteiger charge is -2.05. The first-order chi connectivity index (χ1) is 11.8. The van der Waals surface area contributed by atoms with Gasteiger partial charge in [0.25, 0.3) is 0 Å². The maximum atomic E-state index is 5.86. The van der Waals surface area contributed by atoms with Crippen molar-refractivity contribution in [2.24, 2.45) is 10.7 Å². The second kappa shape index (κ2) is 7.96. The average Bonchev–Trinajstić information content (AvgIpc) is 3.27. The standard InChI is InChI=1S/C17H20N6O/c18-17(19-10-8-13-5-2-1-3-6-13)20-11-9-15-21-16(23-22-15)14-7-4-12-24-14/h1-7,12H,8-11H2,(H3,18,19,20)(H,21,22,23). The molecule has 0 unspecified atom stereocenters. The van der Waals surface area contributed by atoms with Gasteiger partial charge in [-0.3, -0.25) is 10.1 Å². The van der Waals surface area contributed by atoms with Crippen molar-refractivity contribution >= 4 is 5.96 Å². The number of aliphatic imine (C=N–C) groups is 1. The number of aromatic nitrogens is 3. The van der Waals surface area contributed by atoms with E-state index in [2.05, 4.69) is 37.6 Å². The molecule has 24 heavy (non-hydrogen) atoms. The van der Waals surface area contributed by atoms with Crippen LogP contribution in [0.2, 0.25) is 0 Å². The van der Waals surface area contributed by atoms with E-state index in [0.29, 0.717) is 30.5 Å². The van der Waals surface area contributed by atoms with Crippen LogP contribution in [0.1, 0.15) is 11.4 Å². The number of guanidine groups is 1. The van der Waals surface area contributed by atoms with Gasteiger partial charge in [-0.1, -0.05) is 30.3 Å².